The number of pyridine rings is 1. The second-order valence-electron chi connectivity index (χ2n) is 5.74. The predicted molar refractivity (Wildman–Crippen MR) is 99.2 cm³/mol. The predicted octanol–water partition coefficient (Wildman–Crippen LogP) is -0.936. The maximum Gasteiger partial charge on any atom is 1.00 e. The molecule has 0 aromatic carbocycles. The molecule has 15 heteroatoms. The molecule has 0 radical (unpaired) electrons. The average Bonchev–Trinajstić information content (AvgIpc) is 3.37. The maximum atomic E-state index is 11.3. The van der Waals surface area contributed by atoms with Gasteiger partial charge in [-0.05, 0) is 36.4 Å². The van der Waals surface area contributed by atoms with E-state index in [2.05, 4.69) is 20.2 Å². The van der Waals surface area contributed by atoms with Crippen molar-refractivity contribution in [2.24, 2.45) is 0 Å². The van der Waals surface area contributed by atoms with E-state index in [0.717, 1.165) is 12.1 Å². The van der Waals surface area contributed by atoms with Gasteiger partial charge in [-0.15, -0.1) is 10.2 Å². The van der Waals surface area contributed by atoms with Crippen molar-refractivity contribution in [2.45, 2.75) is 10.2 Å². The van der Waals surface area contributed by atoms with E-state index in [0.29, 0.717) is 5.69 Å². The fraction of sp³-hybridized carbons (Fsp3) is 0. The molecule has 0 bridgehead atoms. The van der Waals surface area contributed by atoms with Crippen LogP contribution in [0.4, 0.5) is 0 Å². The van der Waals surface area contributed by atoms with Crippen LogP contribution in [0.1, 0.15) is 1.43 Å². The monoisotopic (exact) mass is 474 g/mol. The van der Waals surface area contributed by atoms with E-state index in [1.807, 2.05) is 0 Å². The molecule has 4 aromatic heterocycles. The zero-order chi connectivity index (χ0) is 21.5. The Morgan fingerprint density at radius 1 is 0.774 bits per heavy atom. The van der Waals surface area contributed by atoms with Gasteiger partial charge in [-0.3, -0.25) is 14.1 Å². The summed E-state index contributed by atoms with van der Waals surface area (Å²) in [6.45, 7) is 0. The Morgan fingerprint density at radius 2 is 1.35 bits per heavy atom. The Bertz CT molecular complexity index is 1460. The summed E-state index contributed by atoms with van der Waals surface area (Å²) in [5.74, 6) is -0.217. The van der Waals surface area contributed by atoms with Crippen LogP contribution in [0, 0.1) is 0 Å². The van der Waals surface area contributed by atoms with Gasteiger partial charge in [0.1, 0.15) is 11.4 Å². The molecule has 4 rings (SSSR count). The molecule has 31 heavy (non-hydrogen) atoms. The third-order valence-corrected chi connectivity index (χ3v) is 5.17. The summed E-state index contributed by atoms with van der Waals surface area (Å²) in [5, 5.41) is 6.43. The minimum Gasteiger partial charge on any atom is -1.00 e. The first-order chi connectivity index (χ1) is 14.1. The summed E-state index contributed by atoms with van der Waals surface area (Å²) in [7, 11) is -9.24. The van der Waals surface area contributed by atoms with E-state index in [1.165, 1.54) is 18.3 Å². The fourth-order valence-electron chi connectivity index (χ4n) is 2.44. The Balaban J connectivity index is 0.00000181. The van der Waals surface area contributed by atoms with Crippen LogP contribution >= 0.6 is 0 Å². The summed E-state index contributed by atoms with van der Waals surface area (Å²) in [5.41, 5.74) is 0.162. The summed E-state index contributed by atoms with van der Waals surface area (Å²) in [4.78, 5) is 8.38. The van der Waals surface area contributed by atoms with Gasteiger partial charge in [0.2, 0.25) is 16.0 Å². The summed E-state index contributed by atoms with van der Waals surface area (Å²) < 4.78 is 73.8. The molecule has 0 aliphatic heterocycles. The molecule has 4 aromatic rings. The van der Waals surface area contributed by atoms with Crippen LogP contribution in [0.2, 0.25) is 0 Å². The molecular weight excluding hydrogens is 463 g/mol. The van der Waals surface area contributed by atoms with Crippen LogP contribution in [0.15, 0.2) is 67.7 Å². The molecule has 2 N–H and O–H groups in total. The van der Waals surface area contributed by atoms with Gasteiger partial charge in [-0.25, -0.2) is 4.98 Å². The average molecular weight is 474 g/mol. The van der Waals surface area contributed by atoms with E-state index < -0.39 is 30.4 Å². The number of aromatic nitrogens is 4. The minimum atomic E-state index is -4.62. The molecule has 0 amide bonds. The van der Waals surface area contributed by atoms with Crippen molar-refractivity contribution in [1.82, 2.24) is 20.2 Å². The number of nitrogens with zero attached hydrogens (tertiary/aromatic N) is 4. The van der Waals surface area contributed by atoms with Crippen molar-refractivity contribution < 1.29 is 65.8 Å². The molecule has 12 nitrogen and oxygen atoms in total. The molecule has 156 valence electrons. The molecule has 0 saturated heterocycles. The second kappa shape index (κ2) is 8.58. The van der Waals surface area contributed by atoms with Crippen molar-refractivity contribution >= 4 is 20.2 Å². The van der Waals surface area contributed by atoms with E-state index in [9.17, 15) is 16.8 Å². The van der Waals surface area contributed by atoms with E-state index in [1.54, 1.807) is 18.2 Å². The second-order valence-corrected chi connectivity index (χ2v) is 8.44. The molecule has 0 aliphatic carbocycles. The van der Waals surface area contributed by atoms with E-state index in [4.69, 9.17) is 17.9 Å². The third kappa shape index (κ3) is 4.90. The van der Waals surface area contributed by atoms with Gasteiger partial charge in [0.15, 0.2) is 17.2 Å². The molecule has 0 spiro atoms. The quantitative estimate of drug-likeness (QED) is 0.267. The Morgan fingerprint density at radius 3 is 1.84 bits per heavy atom. The number of hydrogen-bond donors (Lipinski definition) is 2. The van der Waals surface area contributed by atoms with Crippen LogP contribution < -0.4 is 29.6 Å². The molecular formula is C16H11N4NaO8S2. The summed E-state index contributed by atoms with van der Waals surface area (Å²) in [6, 6.07) is 9.38. The Kier molecular flexibility index (Phi) is 6.43. The van der Waals surface area contributed by atoms with Gasteiger partial charge in [-0.2, -0.15) is 16.8 Å². The minimum absolute atomic E-state index is 0. The number of furan rings is 2. The third-order valence-electron chi connectivity index (χ3n) is 3.72. The van der Waals surface area contributed by atoms with E-state index >= 15 is 0 Å². The molecule has 0 fully saturated rings. The van der Waals surface area contributed by atoms with Gasteiger partial charge in [0.05, 0.1) is 0 Å². The Hall–Kier alpha value is -2.46. The topological polar surface area (TPSA) is 187 Å². The largest absolute Gasteiger partial charge is 1.00 e. The van der Waals surface area contributed by atoms with Crippen LogP contribution in [-0.4, -0.2) is 46.1 Å². The van der Waals surface area contributed by atoms with Crippen LogP contribution in [-0.2, 0) is 20.2 Å². The van der Waals surface area contributed by atoms with Crippen molar-refractivity contribution in [3.05, 3.63) is 48.7 Å². The van der Waals surface area contributed by atoms with Crippen molar-refractivity contribution in [1.29, 1.82) is 0 Å². The first kappa shape index (κ1) is 23.2. The Labute approximate surface area is 198 Å². The van der Waals surface area contributed by atoms with Gasteiger partial charge < -0.3 is 10.3 Å². The normalized spacial score (nSPS) is 11.8. The SMILES string of the molecule is O=S(=O)(O)c1ccc(-c2nnc(-c3ccccn3)nc2-c2ccc(S(=O)(=O)O)o2)o1.[H-].[Na+]. The molecule has 0 saturated carbocycles. The van der Waals surface area contributed by atoms with Crippen LogP contribution in [0.5, 0.6) is 0 Å². The maximum absolute atomic E-state index is 11.3. The van der Waals surface area contributed by atoms with Gasteiger partial charge in [0, 0.05) is 6.20 Å². The number of rotatable bonds is 5. The fourth-order valence-corrected chi connectivity index (χ4v) is 3.31. The summed E-state index contributed by atoms with van der Waals surface area (Å²) >= 11 is 0. The number of hydrogen-bond acceptors (Lipinski definition) is 10. The van der Waals surface area contributed by atoms with Crippen molar-refractivity contribution in [2.75, 3.05) is 0 Å². The van der Waals surface area contributed by atoms with Crippen molar-refractivity contribution in [3.8, 4) is 34.4 Å². The summed E-state index contributed by atoms with van der Waals surface area (Å²) in [6.07, 6.45) is 1.50. The molecule has 0 aliphatic rings. The molecule has 0 unspecified atom stereocenters. The zero-order valence-corrected chi connectivity index (χ0v) is 19.2. The van der Waals surface area contributed by atoms with Crippen LogP contribution in [0.25, 0.3) is 34.4 Å². The van der Waals surface area contributed by atoms with Gasteiger partial charge in [0.25, 0.3) is 0 Å². The smallest absolute Gasteiger partial charge is 1.00 e. The van der Waals surface area contributed by atoms with Gasteiger partial charge >= 0.3 is 49.8 Å². The van der Waals surface area contributed by atoms with Crippen LogP contribution in [0.3, 0.4) is 0 Å². The van der Waals surface area contributed by atoms with E-state index in [-0.39, 0.29) is 59.7 Å². The molecule has 0 atom stereocenters. The van der Waals surface area contributed by atoms with Crippen molar-refractivity contribution in [3.63, 3.8) is 0 Å². The van der Waals surface area contributed by atoms with Gasteiger partial charge in [-0.1, -0.05) is 6.07 Å². The first-order valence-corrected chi connectivity index (χ1v) is 10.8. The molecule has 4 heterocycles. The zero-order valence-electron chi connectivity index (χ0n) is 16.6. The first-order valence-electron chi connectivity index (χ1n) is 7.94. The standard InChI is InChI=1S/C16H10N4O8S2.Na.H/c21-29(22,23)12-6-4-10(27-12)14-15(11-5-7-13(28-11)30(24,25)26)19-20-16(18-14)9-3-1-2-8-17-9;;/h1-8H,(H,21,22,23)(H,24,25,26);;/q;+1;-1.